The van der Waals surface area contributed by atoms with Crippen LogP contribution in [0.2, 0.25) is 0 Å². The van der Waals surface area contributed by atoms with E-state index in [9.17, 15) is 4.79 Å². The number of amides is 1. The molecule has 2 aromatic rings. The summed E-state index contributed by atoms with van der Waals surface area (Å²) in [5, 5.41) is 6.72. The summed E-state index contributed by atoms with van der Waals surface area (Å²) in [5.41, 5.74) is 3.17. The van der Waals surface area contributed by atoms with Crippen molar-refractivity contribution in [3.63, 3.8) is 0 Å². The number of rotatable bonds is 7. The van der Waals surface area contributed by atoms with E-state index in [-0.39, 0.29) is 5.91 Å². The van der Waals surface area contributed by atoms with Gasteiger partial charge in [-0.15, -0.1) is 0 Å². The minimum atomic E-state index is -0.0107. The second-order valence-electron chi connectivity index (χ2n) is 4.97. The van der Waals surface area contributed by atoms with Crippen LogP contribution in [0.5, 0.6) is 0 Å². The molecule has 0 bridgehead atoms. The monoisotopic (exact) mass is 302 g/mol. The van der Waals surface area contributed by atoms with Crippen molar-refractivity contribution in [2.24, 2.45) is 0 Å². The van der Waals surface area contributed by atoms with Crippen LogP contribution in [0, 0.1) is 0 Å². The molecule has 0 aliphatic rings. The molecular weight excluding hydrogens is 280 g/mol. The van der Waals surface area contributed by atoms with Gasteiger partial charge in [0.15, 0.2) is 0 Å². The SMILES string of the molecule is CCN(CC)Cc1ccc(CNC(=O)c2ccsc2)cc1. The summed E-state index contributed by atoms with van der Waals surface area (Å²) < 4.78 is 0. The first-order chi connectivity index (χ1) is 10.2. The molecule has 0 unspecified atom stereocenters. The van der Waals surface area contributed by atoms with Crippen LogP contribution in [0.4, 0.5) is 0 Å². The first kappa shape index (κ1) is 15.7. The van der Waals surface area contributed by atoms with E-state index in [0.29, 0.717) is 6.54 Å². The van der Waals surface area contributed by atoms with E-state index in [1.807, 2.05) is 16.8 Å². The van der Waals surface area contributed by atoms with Gasteiger partial charge < -0.3 is 5.32 Å². The molecule has 1 N–H and O–H groups in total. The largest absolute Gasteiger partial charge is 0.348 e. The molecule has 2 rings (SSSR count). The molecule has 0 fully saturated rings. The third-order valence-electron chi connectivity index (χ3n) is 3.56. The number of nitrogens with zero attached hydrogens (tertiary/aromatic N) is 1. The molecule has 3 nitrogen and oxygen atoms in total. The Labute approximate surface area is 130 Å². The molecule has 0 saturated carbocycles. The first-order valence-electron chi connectivity index (χ1n) is 7.33. The van der Waals surface area contributed by atoms with Crippen molar-refractivity contribution in [2.45, 2.75) is 26.9 Å². The Kier molecular flexibility index (Phi) is 5.96. The Morgan fingerprint density at radius 1 is 1.10 bits per heavy atom. The number of thiophene rings is 1. The lowest BCUT2D eigenvalue weighted by Crippen LogP contribution is -2.23. The van der Waals surface area contributed by atoms with Gasteiger partial charge >= 0.3 is 0 Å². The summed E-state index contributed by atoms with van der Waals surface area (Å²) in [6.07, 6.45) is 0. The smallest absolute Gasteiger partial charge is 0.252 e. The summed E-state index contributed by atoms with van der Waals surface area (Å²) in [6.45, 7) is 8.04. The maximum absolute atomic E-state index is 11.9. The maximum Gasteiger partial charge on any atom is 0.252 e. The minimum Gasteiger partial charge on any atom is -0.348 e. The van der Waals surface area contributed by atoms with Crippen LogP contribution in [0.25, 0.3) is 0 Å². The van der Waals surface area contributed by atoms with Crippen molar-refractivity contribution in [1.29, 1.82) is 0 Å². The fraction of sp³-hybridized carbons (Fsp3) is 0.353. The van der Waals surface area contributed by atoms with Gasteiger partial charge in [-0.25, -0.2) is 0 Å². The average molecular weight is 302 g/mol. The van der Waals surface area contributed by atoms with Gasteiger partial charge in [0.05, 0.1) is 0 Å². The summed E-state index contributed by atoms with van der Waals surface area (Å²) >= 11 is 1.54. The second kappa shape index (κ2) is 7.96. The predicted octanol–water partition coefficient (Wildman–Crippen LogP) is 3.52. The molecule has 0 saturated heterocycles. The van der Waals surface area contributed by atoms with Crippen molar-refractivity contribution >= 4 is 17.2 Å². The molecule has 0 atom stereocenters. The third kappa shape index (κ3) is 4.69. The van der Waals surface area contributed by atoms with Crippen LogP contribution in [0.15, 0.2) is 41.1 Å². The molecule has 0 spiro atoms. The lowest BCUT2D eigenvalue weighted by atomic mass is 10.1. The minimum absolute atomic E-state index is 0.0107. The summed E-state index contributed by atoms with van der Waals surface area (Å²) in [7, 11) is 0. The van der Waals surface area contributed by atoms with Crippen LogP contribution < -0.4 is 5.32 Å². The van der Waals surface area contributed by atoms with E-state index in [0.717, 1.165) is 30.8 Å². The third-order valence-corrected chi connectivity index (χ3v) is 4.24. The van der Waals surface area contributed by atoms with Crippen molar-refractivity contribution in [3.05, 3.63) is 57.8 Å². The molecule has 112 valence electrons. The van der Waals surface area contributed by atoms with Gasteiger partial charge in [-0.3, -0.25) is 9.69 Å². The topological polar surface area (TPSA) is 32.3 Å². The number of nitrogens with one attached hydrogen (secondary N) is 1. The number of carbonyl (C=O) groups is 1. The number of hydrogen-bond donors (Lipinski definition) is 1. The summed E-state index contributed by atoms with van der Waals surface area (Å²) in [6, 6.07) is 10.3. The van der Waals surface area contributed by atoms with E-state index < -0.39 is 0 Å². The Morgan fingerprint density at radius 3 is 2.33 bits per heavy atom. The highest BCUT2D eigenvalue weighted by molar-refractivity contribution is 7.08. The number of hydrogen-bond acceptors (Lipinski definition) is 3. The van der Waals surface area contributed by atoms with E-state index in [1.54, 1.807) is 0 Å². The first-order valence-corrected chi connectivity index (χ1v) is 8.27. The van der Waals surface area contributed by atoms with E-state index in [1.165, 1.54) is 16.9 Å². The predicted molar refractivity (Wildman–Crippen MR) is 88.6 cm³/mol. The van der Waals surface area contributed by atoms with Crippen molar-refractivity contribution in [3.8, 4) is 0 Å². The average Bonchev–Trinajstić information content (AvgIpc) is 3.06. The Balaban J connectivity index is 1.86. The Morgan fingerprint density at radius 2 is 1.76 bits per heavy atom. The summed E-state index contributed by atoms with van der Waals surface area (Å²) in [5.74, 6) is -0.0107. The standard InChI is InChI=1S/C17H22N2OS/c1-3-19(4-2)12-15-7-5-14(6-8-15)11-18-17(20)16-9-10-21-13-16/h5-10,13H,3-4,11-12H2,1-2H3,(H,18,20). The van der Waals surface area contributed by atoms with Crippen LogP contribution in [-0.2, 0) is 13.1 Å². The summed E-state index contributed by atoms with van der Waals surface area (Å²) in [4.78, 5) is 14.2. The highest BCUT2D eigenvalue weighted by Crippen LogP contribution is 2.09. The van der Waals surface area contributed by atoms with Gasteiger partial charge in [-0.2, -0.15) is 11.3 Å². The van der Waals surface area contributed by atoms with Gasteiger partial charge in [-0.1, -0.05) is 38.1 Å². The normalized spacial score (nSPS) is 10.8. The fourth-order valence-electron chi connectivity index (χ4n) is 2.15. The van der Waals surface area contributed by atoms with Gasteiger partial charge in [0.25, 0.3) is 5.91 Å². The van der Waals surface area contributed by atoms with Crippen LogP contribution in [0.1, 0.15) is 35.3 Å². The van der Waals surface area contributed by atoms with Crippen molar-refractivity contribution < 1.29 is 4.79 Å². The molecule has 1 amide bonds. The van der Waals surface area contributed by atoms with E-state index in [2.05, 4.69) is 48.3 Å². The van der Waals surface area contributed by atoms with Gasteiger partial charge in [0.2, 0.25) is 0 Å². The molecule has 1 aromatic heterocycles. The molecule has 1 heterocycles. The molecule has 4 heteroatoms. The van der Waals surface area contributed by atoms with Gasteiger partial charge in [0, 0.05) is 24.0 Å². The molecule has 0 aliphatic heterocycles. The lowest BCUT2D eigenvalue weighted by molar-refractivity contribution is 0.0951. The second-order valence-corrected chi connectivity index (χ2v) is 5.75. The fourth-order valence-corrected chi connectivity index (χ4v) is 2.78. The van der Waals surface area contributed by atoms with Gasteiger partial charge in [0.1, 0.15) is 0 Å². The zero-order valence-electron chi connectivity index (χ0n) is 12.6. The number of carbonyl (C=O) groups excluding carboxylic acids is 1. The molecule has 0 aliphatic carbocycles. The van der Waals surface area contributed by atoms with Gasteiger partial charge in [-0.05, 0) is 35.7 Å². The molecule has 1 aromatic carbocycles. The van der Waals surface area contributed by atoms with Crippen LogP contribution in [0.3, 0.4) is 0 Å². The van der Waals surface area contributed by atoms with Crippen molar-refractivity contribution in [1.82, 2.24) is 10.2 Å². The molecule has 0 radical (unpaired) electrons. The van der Waals surface area contributed by atoms with Crippen LogP contribution >= 0.6 is 11.3 Å². The van der Waals surface area contributed by atoms with E-state index >= 15 is 0 Å². The zero-order valence-corrected chi connectivity index (χ0v) is 13.5. The molecule has 21 heavy (non-hydrogen) atoms. The molecular formula is C17H22N2OS. The zero-order chi connectivity index (χ0) is 15.1. The van der Waals surface area contributed by atoms with Crippen molar-refractivity contribution in [2.75, 3.05) is 13.1 Å². The Hall–Kier alpha value is -1.65. The lowest BCUT2D eigenvalue weighted by Gasteiger charge is -2.18. The highest BCUT2D eigenvalue weighted by atomic mass is 32.1. The van der Waals surface area contributed by atoms with E-state index in [4.69, 9.17) is 0 Å². The van der Waals surface area contributed by atoms with Crippen LogP contribution in [-0.4, -0.2) is 23.9 Å². The number of benzene rings is 1. The quantitative estimate of drug-likeness (QED) is 0.848. The highest BCUT2D eigenvalue weighted by Gasteiger charge is 2.05. The maximum atomic E-state index is 11.9. The Bertz CT molecular complexity index is 545.